The van der Waals surface area contributed by atoms with Crippen molar-refractivity contribution in [2.24, 2.45) is 5.73 Å². The van der Waals surface area contributed by atoms with Crippen molar-refractivity contribution in [3.05, 3.63) is 60.7 Å². The van der Waals surface area contributed by atoms with E-state index < -0.39 is 38.1 Å². The molecule has 0 radical (unpaired) electrons. The molecule has 10 nitrogen and oxygen atoms in total. The Labute approximate surface area is 264 Å². The first-order valence-corrected chi connectivity index (χ1v) is 18.4. The Kier molecular flexibility index (Phi) is 13.7. The summed E-state index contributed by atoms with van der Waals surface area (Å²) in [6.45, 7) is 16.1. The first kappa shape index (κ1) is 37.4. The number of aromatic nitrogens is 2. The third-order valence-electron chi connectivity index (χ3n) is 6.21. The highest BCUT2D eigenvalue weighted by Gasteiger charge is 2.39. The minimum Gasteiger partial charge on any atom is -0.445 e. The average molecular weight is 654 g/mol. The van der Waals surface area contributed by atoms with Gasteiger partial charge in [-0.15, -0.1) is 6.58 Å². The van der Waals surface area contributed by atoms with Crippen LogP contribution in [0.4, 0.5) is 28.4 Å². The summed E-state index contributed by atoms with van der Waals surface area (Å²) in [4.78, 5) is 27.8. The molecule has 1 heterocycles. The maximum atomic E-state index is 13.9. The number of nitrogens with zero attached hydrogens (tertiary/aromatic N) is 2. The topological polar surface area (TPSA) is 130 Å². The van der Waals surface area contributed by atoms with Crippen LogP contribution in [0.15, 0.2) is 49.3 Å². The van der Waals surface area contributed by atoms with Gasteiger partial charge in [-0.2, -0.15) is 13.2 Å². The van der Waals surface area contributed by atoms with E-state index in [4.69, 9.17) is 24.9 Å². The summed E-state index contributed by atoms with van der Waals surface area (Å²) in [5.74, 6) is 0.644. The van der Waals surface area contributed by atoms with Crippen LogP contribution in [0.1, 0.15) is 45.0 Å². The van der Waals surface area contributed by atoms with Gasteiger partial charge in [0.2, 0.25) is 0 Å². The number of nitrogens with two attached hydrogens (primary N) is 1. The molecule has 1 aromatic heterocycles. The fourth-order valence-electron chi connectivity index (χ4n) is 3.97. The second-order valence-electron chi connectivity index (χ2n) is 12.7. The normalized spacial score (nSPS) is 13.0. The van der Waals surface area contributed by atoms with E-state index in [1.54, 1.807) is 45.2 Å². The van der Waals surface area contributed by atoms with E-state index >= 15 is 0 Å². The molecular weight excluding hydrogens is 607 g/mol. The van der Waals surface area contributed by atoms with Gasteiger partial charge in [0.15, 0.2) is 0 Å². The predicted octanol–water partition coefficient (Wildman–Crippen LogP) is 7.35. The summed E-state index contributed by atoms with van der Waals surface area (Å²) in [5, 5.41) is 5.15. The number of allylic oxidation sites excluding steroid dienone is 1. The Balaban J connectivity index is 2.40. The van der Waals surface area contributed by atoms with Crippen LogP contribution in [0.25, 0.3) is 11.3 Å². The van der Waals surface area contributed by atoms with Crippen LogP contribution in [0, 0.1) is 0 Å². The summed E-state index contributed by atoms with van der Waals surface area (Å²) in [6.07, 6.45) is 0.668. The van der Waals surface area contributed by atoms with Crippen LogP contribution in [0.5, 0.6) is 0 Å². The number of alkyl carbamates (subject to hydrolysis) is 1. The largest absolute Gasteiger partial charge is 0.445 e. The summed E-state index contributed by atoms with van der Waals surface area (Å²) in [5.41, 5.74) is 5.90. The number of halogens is 3. The van der Waals surface area contributed by atoms with E-state index in [0.29, 0.717) is 42.1 Å². The monoisotopic (exact) mass is 653 g/mol. The third kappa shape index (κ3) is 14.2. The fraction of sp³-hybridized carbons (Fsp3) is 0.516. The van der Waals surface area contributed by atoms with Crippen LogP contribution >= 0.6 is 0 Å². The molecule has 0 aliphatic carbocycles. The van der Waals surface area contributed by atoms with Gasteiger partial charge in [0.05, 0.1) is 5.69 Å². The van der Waals surface area contributed by atoms with E-state index in [2.05, 4.69) is 36.9 Å². The van der Waals surface area contributed by atoms with Crippen molar-refractivity contribution in [3.8, 4) is 11.3 Å². The molecule has 1 aromatic carbocycles. The van der Waals surface area contributed by atoms with E-state index in [-0.39, 0.29) is 25.4 Å². The van der Waals surface area contributed by atoms with Crippen molar-refractivity contribution in [1.29, 1.82) is 0 Å². The first-order chi connectivity index (χ1) is 20.9. The molecule has 2 amide bonds. The molecule has 4 N–H and O–H groups in total. The number of hydrogen-bond acceptors (Lipinski definition) is 7. The van der Waals surface area contributed by atoms with Gasteiger partial charge in [0.25, 0.3) is 0 Å². The maximum Gasteiger partial charge on any atom is 0.411 e. The number of anilines is 1. The van der Waals surface area contributed by atoms with Crippen molar-refractivity contribution in [2.45, 2.75) is 96.9 Å². The highest BCUT2D eigenvalue weighted by molar-refractivity contribution is 6.76. The molecule has 250 valence electrons. The van der Waals surface area contributed by atoms with Crippen molar-refractivity contribution < 1.29 is 37.0 Å². The van der Waals surface area contributed by atoms with Crippen molar-refractivity contribution in [2.75, 3.05) is 11.9 Å². The van der Waals surface area contributed by atoms with Gasteiger partial charge in [0, 0.05) is 44.7 Å². The van der Waals surface area contributed by atoms with Gasteiger partial charge < -0.3 is 29.8 Å². The molecular formula is C31H46F3N5O5Si. The number of carbonyl (C=O) groups is 2. The molecule has 2 aromatic rings. The second kappa shape index (κ2) is 16.5. The molecule has 14 heteroatoms. The molecule has 0 saturated carbocycles. The van der Waals surface area contributed by atoms with Gasteiger partial charge in [-0.3, -0.25) is 5.32 Å². The SMILES string of the molecule is C=CC[C@H](Nc1cc(COC(N)=O)ccc1-c1cn(COCC[Si](C)(C)C)c(CCC=CNC(=O)OC(C)(C)C)n1)C(F)(F)F. The number of alkyl halides is 3. The summed E-state index contributed by atoms with van der Waals surface area (Å²) < 4.78 is 59.5. The zero-order chi connectivity index (χ0) is 33.8. The third-order valence-corrected chi connectivity index (χ3v) is 7.91. The average Bonchev–Trinajstić information content (AvgIpc) is 3.30. The summed E-state index contributed by atoms with van der Waals surface area (Å²) >= 11 is 0. The number of hydrogen-bond donors (Lipinski definition) is 3. The van der Waals surface area contributed by atoms with Crippen molar-refractivity contribution in [3.63, 3.8) is 0 Å². The Morgan fingerprint density at radius 1 is 1.20 bits per heavy atom. The molecule has 0 spiro atoms. The molecule has 0 saturated heterocycles. The van der Waals surface area contributed by atoms with Gasteiger partial charge in [0.1, 0.15) is 30.8 Å². The molecule has 2 rings (SSSR count). The lowest BCUT2D eigenvalue weighted by Gasteiger charge is -2.23. The van der Waals surface area contributed by atoms with Crippen LogP contribution in [-0.4, -0.2) is 54.2 Å². The number of ether oxygens (including phenoxy) is 3. The van der Waals surface area contributed by atoms with Gasteiger partial charge in [-0.1, -0.05) is 43.9 Å². The minimum atomic E-state index is -4.56. The Morgan fingerprint density at radius 2 is 1.91 bits per heavy atom. The standard InChI is InChI=1S/C31H46F3N5O5Si/c1-8-11-26(31(32,33)34)37-24-18-22(20-43-28(35)40)13-14-23(24)25-19-39(21-42-16-17-45(5,6)7)27(38-25)12-9-10-15-36-29(41)44-30(2,3)4/h8,10,13-15,18-19,26,37H,1,9,11-12,16-17,20-21H2,2-7H3,(H2,35,40)(H,36,41)/t26-/m0/s1. The predicted molar refractivity (Wildman–Crippen MR) is 171 cm³/mol. The van der Waals surface area contributed by atoms with Crippen LogP contribution in [0.3, 0.4) is 0 Å². The number of imidazole rings is 1. The number of carbonyl (C=O) groups excluding carboxylic acids is 2. The molecule has 0 fully saturated rings. The highest BCUT2D eigenvalue weighted by Crippen LogP contribution is 2.33. The second-order valence-corrected chi connectivity index (χ2v) is 18.3. The van der Waals surface area contributed by atoms with E-state index in [0.717, 1.165) is 6.04 Å². The number of rotatable bonds is 16. The molecule has 0 unspecified atom stereocenters. The smallest absolute Gasteiger partial charge is 0.411 e. The zero-order valence-electron chi connectivity index (χ0n) is 26.9. The summed E-state index contributed by atoms with van der Waals surface area (Å²) in [7, 11) is -1.33. The Hall–Kier alpha value is -3.78. The molecule has 0 aliphatic heterocycles. The molecule has 1 atom stereocenters. The molecule has 0 aliphatic rings. The van der Waals surface area contributed by atoms with Crippen molar-refractivity contribution >= 4 is 25.9 Å². The number of amides is 2. The van der Waals surface area contributed by atoms with Gasteiger partial charge in [-0.25, -0.2) is 14.6 Å². The van der Waals surface area contributed by atoms with Crippen molar-refractivity contribution in [1.82, 2.24) is 14.9 Å². The molecule has 0 bridgehead atoms. The number of primary amides is 1. The van der Waals surface area contributed by atoms with E-state index in [1.807, 2.05) is 4.57 Å². The highest BCUT2D eigenvalue weighted by atomic mass is 28.3. The molecule has 45 heavy (non-hydrogen) atoms. The quantitative estimate of drug-likeness (QED) is 0.0982. The first-order valence-electron chi connectivity index (χ1n) is 14.7. The number of nitrogens with one attached hydrogen (secondary N) is 2. The Bertz CT molecular complexity index is 1320. The zero-order valence-corrected chi connectivity index (χ0v) is 27.9. The van der Waals surface area contributed by atoms with Crippen LogP contribution < -0.4 is 16.4 Å². The van der Waals surface area contributed by atoms with E-state index in [1.165, 1.54) is 18.3 Å². The number of aryl methyl sites for hydroxylation is 1. The lowest BCUT2D eigenvalue weighted by Crippen LogP contribution is -2.35. The van der Waals surface area contributed by atoms with Gasteiger partial charge >= 0.3 is 18.4 Å². The lowest BCUT2D eigenvalue weighted by atomic mass is 10.0. The van der Waals surface area contributed by atoms with Gasteiger partial charge in [-0.05, 0) is 51.3 Å². The van der Waals surface area contributed by atoms with Crippen LogP contribution in [-0.2, 0) is 34.0 Å². The Morgan fingerprint density at radius 3 is 2.51 bits per heavy atom. The number of benzene rings is 1. The lowest BCUT2D eigenvalue weighted by molar-refractivity contribution is -0.141. The van der Waals surface area contributed by atoms with E-state index in [9.17, 15) is 22.8 Å². The summed E-state index contributed by atoms with van der Waals surface area (Å²) in [6, 6.07) is 3.79. The van der Waals surface area contributed by atoms with Crippen LogP contribution in [0.2, 0.25) is 25.7 Å². The fourth-order valence-corrected chi connectivity index (χ4v) is 4.73. The minimum absolute atomic E-state index is 0.155. The maximum absolute atomic E-state index is 13.9.